The zero-order chi connectivity index (χ0) is 24.4. The molecule has 0 bridgehead atoms. The summed E-state index contributed by atoms with van der Waals surface area (Å²) >= 11 is 0. The molecule has 35 heavy (non-hydrogen) atoms. The molecule has 2 heterocycles. The maximum atomic E-state index is 11.3. The van der Waals surface area contributed by atoms with E-state index in [9.17, 15) is 9.90 Å². The van der Waals surface area contributed by atoms with E-state index in [2.05, 4.69) is 47.1 Å². The molecule has 5 rings (SSSR count). The second-order valence-corrected chi connectivity index (χ2v) is 10.6. The van der Waals surface area contributed by atoms with E-state index < -0.39 is 5.97 Å². The zero-order valence-electron chi connectivity index (χ0n) is 21.0. The molecular formula is C29H38N2O4. The summed E-state index contributed by atoms with van der Waals surface area (Å²) in [5, 5.41) is 9.27. The number of aliphatic carboxylic acids is 1. The van der Waals surface area contributed by atoms with Crippen LogP contribution in [0.1, 0.15) is 63.4 Å². The van der Waals surface area contributed by atoms with Crippen LogP contribution in [0.3, 0.4) is 0 Å². The normalized spacial score (nSPS) is 23.3. The summed E-state index contributed by atoms with van der Waals surface area (Å²) in [6, 6.07) is 14.9. The van der Waals surface area contributed by atoms with Crippen molar-refractivity contribution in [1.82, 2.24) is 0 Å². The van der Waals surface area contributed by atoms with E-state index in [4.69, 9.17) is 9.47 Å². The number of piperidine rings is 1. The molecule has 2 atom stereocenters. The topological polar surface area (TPSA) is 62.2 Å². The minimum absolute atomic E-state index is 0.0695. The van der Waals surface area contributed by atoms with Crippen molar-refractivity contribution in [2.45, 2.75) is 69.9 Å². The van der Waals surface area contributed by atoms with Crippen LogP contribution in [0.25, 0.3) is 0 Å². The summed E-state index contributed by atoms with van der Waals surface area (Å²) in [6.07, 6.45) is 7.24. The van der Waals surface area contributed by atoms with Gasteiger partial charge >= 0.3 is 5.97 Å². The van der Waals surface area contributed by atoms with E-state index in [1.54, 1.807) is 7.11 Å². The summed E-state index contributed by atoms with van der Waals surface area (Å²) in [7, 11) is 1.74. The Labute approximate surface area is 208 Å². The van der Waals surface area contributed by atoms with Gasteiger partial charge in [0.25, 0.3) is 0 Å². The molecule has 1 saturated carbocycles. The fraction of sp³-hybridized carbons (Fsp3) is 0.552. The number of ether oxygens (including phenoxy) is 2. The first-order chi connectivity index (χ1) is 17.0. The lowest BCUT2D eigenvalue weighted by Gasteiger charge is -2.37. The van der Waals surface area contributed by atoms with Crippen molar-refractivity contribution in [2.75, 3.05) is 36.5 Å². The van der Waals surface area contributed by atoms with E-state index in [-0.39, 0.29) is 18.6 Å². The maximum absolute atomic E-state index is 11.3. The molecular weight excluding hydrogens is 440 g/mol. The number of anilines is 2. The van der Waals surface area contributed by atoms with Gasteiger partial charge in [0, 0.05) is 56.0 Å². The van der Waals surface area contributed by atoms with Crippen molar-refractivity contribution in [2.24, 2.45) is 5.92 Å². The van der Waals surface area contributed by atoms with Gasteiger partial charge in [0.05, 0.1) is 13.5 Å². The minimum atomic E-state index is -0.728. The van der Waals surface area contributed by atoms with Gasteiger partial charge in [-0.25, -0.2) is 0 Å². The predicted octanol–water partition coefficient (Wildman–Crippen LogP) is 5.70. The van der Waals surface area contributed by atoms with Gasteiger partial charge < -0.3 is 24.4 Å². The highest BCUT2D eigenvalue weighted by Gasteiger charge is 2.31. The molecule has 2 aliphatic heterocycles. The van der Waals surface area contributed by atoms with Crippen LogP contribution in [-0.2, 0) is 4.79 Å². The molecule has 0 unspecified atom stereocenters. The van der Waals surface area contributed by atoms with Gasteiger partial charge in [-0.3, -0.25) is 4.79 Å². The summed E-state index contributed by atoms with van der Waals surface area (Å²) in [5.74, 6) is 2.30. The molecule has 6 heteroatoms. The fourth-order valence-corrected chi connectivity index (χ4v) is 5.97. The number of benzene rings is 2. The smallest absolute Gasteiger partial charge is 0.305 e. The Balaban J connectivity index is 1.19. The van der Waals surface area contributed by atoms with Gasteiger partial charge in [-0.15, -0.1) is 0 Å². The second-order valence-electron chi connectivity index (χ2n) is 10.6. The number of rotatable bonds is 8. The SMILES string of the molecule is COc1ccc(C2CCC2)c(N2CCC(Oc3ccc(N4C[C@H](C)C[C@@H]4CC(=O)O)cc3)CC2)c1. The molecule has 0 aromatic heterocycles. The maximum Gasteiger partial charge on any atom is 0.305 e. The van der Waals surface area contributed by atoms with Crippen LogP contribution in [0.15, 0.2) is 42.5 Å². The van der Waals surface area contributed by atoms with E-state index in [0.717, 1.165) is 56.1 Å². The van der Waals surface area contributed by atoms with E-state index in [0.29, 0.717) is 11.8 Å². The molecule has 1 N–H and O–H groups in total. The molecule has 3 aliphatic rings. The number of carboxylic acid groups (broad SMARTS) is 1. The van der Waals surface area contributed by atoms with Crippen LogP contribution < -0.4 is 19.3 Å². The quantitative estimate of drug-likeness (QED) is 0.525. The van der Waals surface area contributed by atoms with Gasteiger partial charge in [0.1, 0.15) is 17.6 Å². The lowest BCUT2D eigenvalue weighted by molar-refractivity contribution is -0.137. The highest BCUT2D eigenvalue weighted by Crippen LogP contribution is 2.43. The molecule has 2 saturated heterocycles. The van der Waals surface area contributed by atoms with E-state index >= 15 is 0 Å². The van der Waals surface area contributed by atoms with Crippen LogP contribution in [0.5, 0.6) is 11.5 Å². The summed E-state index contributed by atoms with van der Waals surface area (Å²) in [5.41, 5.74) is 3.90. The monoisotopic (exact) mass is 478 g/mol. The van der Waals surface area contributed by atoms with Crippen LogP contribution >= 0.6 is 0 Å². The molecule has 3 fully saturated rings. The molecule has 0 spiro atoms. The minimum Gasteiger partial charge on any atom is -0.497 e. The van der Waals surface area contributed by atoms with Gasteiger partial charge in [-0.05, 0) is 67.0 Å². The third-order valence-electron chi connectivity index (χ3n) is 8.07. The summed E-state index contributed by atoms with van der Waals surface area (Å²) in [6.45, 7) is 5.07. The van der Waals surface area contributed by atoms with Gasteiger partial charge in [0.15, 0.2) is 0 Å². The molecule has 2 aromatic carbocycles. The zero-order valence-corrected chi connectivity index (χ0v) is 21.0. The number of hydrogen-bond acceptors (Lipinski definition) is 5. The Bertz CT molecular complexity index is 1010. The standard InChI is InChI=1S/C29H38N2O4/c1-20-16-23(17-29(32)33)31(19-20)22-6-8-24(9-7-22)35-25-12-14-30(15-13-25)28-18-26(34-2)10-11-27(28)21-4-3-5-21/h6-11,18,20-21,23,25H,3-5,12-17,19H2,1-2H3,(H,32,33)/t20-,23-/m1/s1. The van der Waals surface area contributed by atoms with E-state index in [1.807, 2.05) is 12.1 Å². The predicted molar refractivity (Wildman–Crippen MR) is 139 cm³/mol. The van der Waals surface area contributed by atoms with E-state index in [1.165, 1.54) is 30.5 Å². The van der Waals surface area contributed by atoms with Crippen LogP contribution in [0, 0.1) is 5.92 Å². The molecule has 0 amide bonds. The Morgan fingerprint density at radius 2 is 1.74 bits per heavy atom. The highest BCUT2D eigenvalue weighted by molar-refractivity contribution is 5.69. The Hall–Kier alpha value is -2.89. The molecule has 1 aliphatic carbocycles. The number of hydrogen-bond donors (Lipinski definition) is 1. The first-order valence-electron chi connectivity index (χ1n) is 13.2. The fourth-order valence-electron chi connectivity index (χ4n) is 5.97. The van der Waals surface area contributed by atoms with Gasteiger partial charge in [0.2, 0.25) is 0 Å². The average Bonchev–Trinajstić information content (AvgIpc) is 3.18. The Morgan fingerprint density at radius 3 is 2.37 bits per heavy atom. The van der Waals surface area contributed by atoms with Crippen molar-refractivity contribution >= 4 is 17.3 Å². The Morgan fingerprint density at radius 1 is 1.03 bits per heavy atom. The molecule has 2 aromatic rings. The number of nitrogens with zero attached hydrogens (tertiary/aromatic N) is 2. The first kappa shape index (κ1) is 23.8. The number of carbonyl (C=O) groups is 1. The van der Waals surface area contributed by atoms with Crippen molar-refractivity contribution in [3.63, 3.8) is 0 Å². The third-order valence-corrected chi connectivity index (χ3v) is 8.07. The van der Waals surface area contributed by atoms with Gasteiger partial charge in [-0.1, -0.05) is 19.4 Å². The number of carboxylic acids is 1. The summed E-state index contributed by atoms with van der Waals surface area (Å²) in [4.78, 5) is 16.0. The summed E-state index contributed by atoms with van der Waals surface area (Å²) < 4.78 is 11.9. The second kappa shape index (κ2) is 10.4. The van der Waals surface area contributed by atoms with Crippen LogP contribution in [-0.4, -0.2) is 50.0 Å². The lowest BCUT2D eigenvalue weighted by Crippen LogP contribution is -2.39. The molecule has 188 valence electrons. The lowest BCUT2D eigenvalue weighted by atomic mass is 9.79. The highest BCUT2D eigenvalue weighted by atomic mass is 16.5. The third kappa shape index (κ3) is 5.36. The van der Waals surface area contributed by atoms with Crippen molar-refractivity contribution in [3.8, 4) is 11.5 Å². The van der Waals surface area contributed by atoms with Crippen LogP contribution in [0.2, 0.25) is 0 Å². The first-order valence-corrected chi connectivity index (χ1v) is 13.2. The van der Waals surface area contributed by atoms with Crippen molar-refractivity contribution in [1.29, 1.82) is 0 Å². The van der Waals surface area contributed by atoms with Crippen LogP contribution in [0.4, 0.5) is 11.4 Å². The van der Waals surface area contributed by atoms with Gasteiger partial charge in [-0.2, -0.15) is 0 Å². The Kier molecular flexibility index (Phi) is 7.07. The molecule has 0 radical (unpaired) electrons. The van der Waals surface area contributed by atoms with Crippen molar-refractivity contribution in [3.05, 3.63) is 48.0 Å². The van der Waals surface area contributed by atoms with Crippen molar-refractivity contribution < 1.29 is 19.4 Å². The number of methoxy groups -OCH3 is 1. The largest absolute Gasteiger partial charge is 0.497 e. The molecule has 6 nitrogen and oxygen atoms in total. The average molecular weight is 479 g/mol.